The van der Waals surface area contributed by atoms with Crippen molar-refractivity contribution in [3.63, 3.8) is 0 Å². The molecule has 2 aromatic carbocycles. The molecule has 2 aliphatic rings. The lowest BCUT2D eigenvalue weighted by Gasteiger charge is -2.32. The minimum Gasteiger partial charge on any atom is -0.460 e. The number of rotatable bonds is 5. The zero-order valence-electron chi connectivity index (χ0n) is 22.6. The summed E-state index contributed by atoms with van der Waals surface area (Å²) in [4.78, 5) is 41.8. The average Bonchev–Trinajstić information content (AvgIpc) is 3.39. The van der Waals surface area contributed by atoms with Gasteiger partial charge in [-0.05, 0) is 71.4 Å². The normalized spacial score (nSPS) is 22.8. The van der Waals surface area contributed by atoms with Crippen LogP contribution in [0.5, 0.6) is 11.5 Å². The molecule has 0 aliphatic carbocycles. The van der Waals surface area contributed by atoms with E-state index in [1.165, 1.54) is 4.90 Å². The predicted molar refractivity (Wildman–Crippen MR) is 138 cm³/mol. The van der Waals surface area contributed by atoms with Gasteiger partial charge in [-0.15, -0.1) is 0 Å². The zero-order valence-corrected chi connectivity index (χ0v) is 22.6. The molecule has 1 fully saturated rings. The van der Waals surface area contributed by atoms with Crippen molar-refractivity contribution in [2.45, 2.75) is 70.8 Å². The van der Waals surface area contributed by atoms with Gasteiger partial charge in [-0.25, -0.2) is 4.79 Å². The molecule has 0 bridgehead atoms. The van der Waals surface area contributed by atoms with Crippen LogP contribution in [0.2, 0.25) is 0 Å². The van der Waals surface area contributed by atoms with E-state index in [4.69, 9.17) is 18.9 Å². The fourth-order valence-electron chi connectivity index (χ4n) is 4.87. The number of hydrogen-bond acceptors (Lipinski definition) is 8. The smallest absolute Gasteiger partial charge is 0.329 e. The van der Waals surface area contributed by atoms with Gasteiger partial charge in [0.25, 0.3) is 5.91 Å². The van der Waals surface area contributed by atoms with Crippen LogP contribution in [0.4, 0.5) is 0 Å². The molecule has 9 heteroatoms. The summed E-state index contributed by atoms with van der Waals surface area (Å²) in [5.74, 6) is -1.92. The summed E-state index contributed by atoms with van der Waals surface area (Å²) < 4.78 is 22.2. The number of carbonyl (C=O) groups is 3. The molecular weight excluding hydrogens is 490 g/mol. The first-order chi connectivity index (χ1) is 17.7. The Morgan fingerprint density at radius 2 is 1.58 bits per heavy atom. The van der Waals surface area contributed by atoms with Crippen LogP contribution in [0.3, 0.4) is 0 Å². The number of amides is 1. The molecule has 38 heavy (non-hydrogen) atoms. The number of fused-ring (bicyclic) bond motifs is 1. The average molecular weight is 526 g/mol. The van der Waals surface area contributed by atoms with E-state index in [1.807, 2.05) is 0 Å². The molecule has 2 heterocycles. The van der Waals surface area contributed by atoms with Gasteiger partial charge in [0, 0.05) is 11.5 Å². The number of nitrogens with zero attached hydrogens (tertiary/aromatic N) is 1. The minimum atomic E-state index is -1.80. The second-order valence-corrected chi connectivity index (χ2v) is 11.7. The molecule has 1 amide bonds. The van der Waals surface area contributed by atoms with Crippen molar-refractivity contribution in [1.82, 2.24) is 4.90 Å². The SMILES string of the molecule is CC(C)(C)OC(=O)C[C@@H]1[C@@H](C(=O)OC(C)(C)C)N(C(=O)c2ccccc2)C[C@]1(O)c1ccc2c(c1)OCO2. The topological polar surface area (TPSA) is 112 Å². The highest BCUT2D eigenvalue weighted by atomic mass is 16.7. The van der Waals surface area contributed by atoms with Crippen LogP contribution >= 0.6 is 0 Å². The fourth-order valence-corrected chi connectivity index (χ4v) is 4.87. The number of ether oxygens (including phenoxy) is 4. The van der Waals surface area contributed by atoms with Crippen LogP contribution in [0.15, 0.2) is 48.5 Å². The van der Waals surface area contributed by atoms with Crippen molar-refractivity contribution < 1.29 is 38.4 Å². The third-order valence-electron chi connectivity index (χ3n) is 6.35. The Morgan fingerprint density at radius 1 is 0.947 bits per heavy atom. The first-order valence-electron chi connectivity index (χ1n) is 12.6. The maximum atomic E-state index is 13.7. The largest absolute Gasteiger partial charge is 0.460 e. The number of likely N-dealkylation sites (tertiary alicyclic amines) is 1. The summed E-state index contributed by atoms with van der Waals surface area (Å²) in [6.45, 7) is 10.2. The van der Waals surface area contributed by atoms with Gasteiger partial charge in [0.2, 0.25) is 6.79 Å². The van der Waals surface area contributed by atoms with Gasteiger partial charge in [0.15, 0.2) is 11.5 Å². The highest BCUT2D eigenvalue weighted by Gasteiger charge is 2.59. The van der Waals surface area contributed by atoms with Crippen molar-refractivity contribution >= 4 is 17.8 Å². The molecule has 1 saturated heterocycles. The van der Waals surface area contributed by atoms with E-state index in [0.29, 0.717) is 22.6 Å². The lowest BCUT2D eigenvalue weighted by atomic mass is 9.78. The highest BCUT2D eigenvalue weighted by molar-refractivity contribution is 5.97. The second kappa shape index (κ2) is 9.94. The van der Waals surface area contributed by atoms with Crippen molar-refractivity contribution in [1.29, 1.82) is 0 Å². The molecule has 9 nitrogen and oxygen atoms in total. The standard InChI is InChI=1S/C29H35NO8/c1-27(2,3)37-23(31)15-20-24(26(33)38-28(4,5)6)30(25(32)18-10-8-7-9-11-18)16-29(20,34)19-12-13-21-22(14-19)36-17-35-21/h7-14,20,24,34H,15-17H2,1-6H3/t20-,24+,29+/m1/s1. The Labute approximate surface area is 222 Å². The third-order valence-corrected chi connectivity index (χ3v) is 6.35. The Kier molecular flexibility index (Phi) is 7.18. The molecule has 204 valence electrons. The fraction of sp³-hybridized carbons (Fsp3) is 0.483. The summed E-state index contributed by atoms with van der Waals surface area (Å²) in [6, 6.07) is 12.1. The van der Waals surface area contributed by atoms with Crippen molar-refractivity contribution in [3.8, 4) is 11.5 Å². The van der Waals surface area contributed by atoms with Gasteiger partial charge >= 0.3 is 11.9 Å². The molecule has 4 rings (SSSR count). The number of benzene rings is 2. The number of aliphatic hydroxyl groups is 1. The molecule has 0 unspecified atom stereocenters. The van der Waals surface area contributed by atoms with Gasteiger partial charge in [-0.1, -0.05) is 24.3 Å². The lowest BCUT2D eigenvalue weighted by Crippen LogP contribution is -2.47. The van der Waals surface area contributed by atoms with Gasteiger partial charge in [-0.2, -0.15) is 0 Å². The van der Waals surface area contributed by atoms with Gasteiger partial charge in [-0.3, -0.25) is 9.59 Å². The maximum absolute atomic E-state index is 13.7. The molecule has 0 saturated carbocycles. The van der Waals surface area contributed by atoms with E-state index >= 15 is 0 Å². The lowest BCUT2D eigenvalue weighted by molar-refractivity contribution is -0.165. The molecule has 2 aliphatic heterocycles. The third kappa shape index (κ3) is 5.78. The molecule has 3 atom stereocenters. The van der Waals surface area contributed by atoms with Crippen LogP contribution in [-0.4, -0.2) is 58.4 Å². The Bertz CT molecular complexity index is 1210. The van der Waals surface area contributed by atoms with Crippen LogP contribution in [0.25, 0.3) is 0 Å². The van der Waals surface area contributed by atoms with E-state index in [1.54, 1.807) is 90.1 Å². The number of hydrogen-bond donors (Lipinski definition) is 1. The van der Waals surface area contributed by atoms with Gasteiger partial charge in [0.1, 0.15) is 22.8 Å². The summed E-state index contributed by atoms with van der Waals surface area (Å²) in [5, 5.41) is 12.3. The molecule has 0 radical (unpaired) electrons. The van der Waals surface area contributed by atoms with Crippen LogP contribution in [0, 0.1) is 5.92 Å². The number of carbonyl (C=O) groups excluding carboxylic acids is 3. The summed E-state index contributed by atoms with van der Waals surface area (Å²) in [6.07, 6.45) is -0.329. The summed E-state index contributed by atoms with van der Waals surface area (Å²) in [7, 11) is 0. The number of β-amino-alcohol motifs (C(OH)–C–C–N with tert-alkyl or cyclic N) is 1. The van der Waals surface area contributed by atoms with Crippen LogP contribution in [-0.2, 0) is 24.7 Å². The maximum Gasteiger partial charge on any atom is 0.329 e. The first kappa shape index (κ1) is 27.4. The van der Waals surface area contributed by atoms with Crippen molar-refractivity contribution in [3.05, 3.63) is 59.7 Å². The summed E-state index contributed by atoms with van der Waals surface area (Å²) in [5.41, 5.74) is -2.73. The Hall–Kier alpha value is -3.59. The van der Waals surface area contributed by atoms with E-state index < -0.39 is 46.6 Å². The summed E-state index contributed by atoms with van der Waals surface area (Å²) >= 11 is 0. The number of esters is 2. The monoisotopic (exact) mass is 525 g/mol. The molecular formula is C29H35NO8. The predicted octanol–water partition coefficient (Wildman–Crippen LogP) is 3.82. The Balaban J connectivity index is 1.82. The molecule has 2 aromatic rings. The Morgan fingerprint density at radius 3 is 2.21 bits per heavy atom. The van der Waals surface area contributed by atoms with Gasteiger partial charge < -0.3 is 29.0 Å². The highest BCUT2D eigenvalue weighted by Crippen LogP contribution is 2.47. The zero-order chi connectivity index (χ0) is 27.9. The van der Waals surface area contributed by atoms with E-state index in [0.717, 1.165) is 0 Å². The van der Waals surface area contributed by atoms with E-state index in [2.05, 4.69) is 0 Å². The molecule has 1 N–H and O–H groups in total. The first-order valence-corrected chi connectivity index (χ1v) is 12.6. The molecule has 0 spiro atoms. The molecule has 0 aromatic heterocycles. The van der Waals surface area contributed by atoms with Crippen molar-refractivity contribution in [2.24, 2.45) is 5.92 Å². The van der Waals surface area contributed by atoms with E-state index in [9.17, 15) is 19.5 Å². The second-order valence-electron chi connectivity index (χ2n) is 11.7. The van der Waals surface area contributed by atoms with Crippen LogP contribution in [0.1, 0.15) is 63.9 Å². The van der Waals surface area contributed by atoms with E-state index in [-0.39, 0.29) is 19.8 Å². The van der Waals surface area contributed by atoms with Crippen LogP contribution < -0.4 is 9.47 Å². The van der Waals surface area contributed by atoms with Gasteiger partial charge in [0.05, 0.1) is 13.0 Å². The van der Waals surface area contributed by atoms with Crippen molar-refractivity contribution in [2.75, 3.05) is 13.3 Å². The minimum absolute atomic E-state index is 0.0394. The quantitative estimate of drug-likeness (QED) is 0.587.